The summed E-state index contributed by atoms with van der Waals surface area (Å²) in [6.45, 7) is 3.46. The van der Waals surface area contributed by atoms with Gasteiger partial charge in [0.05, 0.1) is 10.3 Å². The van der Waals surface area contributed by atoms with Crippen molar-refractivity contribution in [1.82, 2.24) is 4.72 Å². The third-order valence-corrected chi connectivity index (χ3v) is 6.66. The van der Waals surface area contributed by atoms with Crippen molar-refractivity contribution < 1.29 is 27.5 Å². The Morgan fingerprint density at radius 1 is 1.09 bits per heavy atom. The third kappa shape index (κ3) is 4.46. The summed E-state index contributed by atoms with van der Waals surface area (Å²) >= 11 is 0. The van der Waals surface area contributed by atoms with Gasteiger partial charge in [-0.25, -0.2) is 13.2 Å². The Labute approximate surface area is 189 Å². The van der Waals surface area contributed by atoms with Crippen LogP contribution in [0.2, 0.25) is 0 Å². The molecular formula is C24H21NO7S. The van der Waals surface area contributed by atoms with E-state index < -0.39 is 33.2 Å². The Bertz CT molecular complexity index is 1520. The highest BCUT2D eigenvalue weighted by Crippen LogP contribution is 2.30. The molecular weight excluding hydrogens is 446 g/mol. The van der Waals surface area contributed by atoms with Gasteiger partial charge in [-0.15, -0.1) is 0 Å². The molecule has 0 spiro atoms. The van der Waals surface area contributed by atoms with Crippen molar-refractivity contribution in [1.29, 1.82) is 0 Å². The first-order valence-corrected chi connectivity index (χ1v) is 11.7. The maximum atomic E-state index is 12.7. The van der Waals surface area contributed by atoms with E-state index >= 15 is 0 Å². The quantitative estimate of drug-likeness (QED) is 0.252. The van der Waals surface area contributed by atoms with Gasteiger partial charge in [0.25, 0.3) is 0 Å². The average molecular weight is 467 g/mol. The lowest BCUT2D eigenvalue weighted by Gasteiger charge is -2.16. The number of carbonyl (C=O) groups is 1. The number of aryl methyl sites for hydroxylation is 1. The van der Waals surface area contributed by atoms with Gasteiger partial charge in [0.1, 0.15) is 34.1 Å². The lowest BCUT2D eigenvalue weighted by atomic mass is 10.1. The van der Waals surface area contributed by atoms with Gasteiger partial charge in [-0.3, -0.25) is 4.79 Å². The van der Waals surface area contributed by atoms with Gasteiger partial charge in [-0.2, -0.15) is 4.72 Å². The minimum absolute atomic E-state index is 0.0244. The van der Waals surface area contributed by atoms with E-state index in [-0.39, 0.29) is 28.0 Å². The second kappa shape index (κ2) is 8.68. The summed E-state index contributed by atoms with van der Waals surface area (Å²) in [5.74, 6) is -1.37. The monoisotopic (exact) mass is 467 g/mol. The Kier molecular flexibility index (Phi) is 5.92. The first kappa shape index (κ1) is 22.5. The van der Waals surface area contributed by atoms with E-state index in [1.807, 2.05) is 6.92 Å². The molecule has 0 unspecified atom stereocenters. The van der Waals surface area contributed by atoms with Crippen molar-refractivity contribution in [2.45, 2.75) is 31.2 Å². The van der Waals surface area contributed by atoms with Gasteiger partial charge in [0.2, 0.25) is 15.5 Å². The number of sulfonamides is 1. The summed E-state index contributed by atoms with van der Waals surface area (Å²) in [4.78, 5) is 25.4. The number of hydrogen-bond acceptors (Lipinski definition) is 7. The third-order valence-electron chi connectivity index (χ3n) is 5.17. The highest BCUT2D eigenvalue weighted by Gasteiger charge is 2.26. The number of phenolic OH excluding ortho intramolecular Hbond substituents is 1. The van der Waals surface area contributed by atoms with E-state index in [4.69, 9.17) is 9.15 Å². The molecule has 0 fully saturated rings. The zero-order valence-corrected chi connectivity index (χ0v) is 18.7. The summed E-state index contributed by atoms with van der Waals surface area (Å²) in [5, 5.41) is 10.7. The molecule has 0 aliphatic carbocycles. The molecule has 9 heteroatoms. The molecule has 0 aliphatic rings. The molecule has 0 saturated heterocycles. The highest BCUT2D eigenvalue weighted by atomic mass is 32.2. The number of carbonyl (C=O) groups excluding carboxylic acids is 1. The van der Waals surface area contributed by atoms with E-state index in [0.29, 0.717) is 11.0 Å². The smallest absolute Gasteiger partial charge is 0.329 e. The van der Waals surface area contributed by atoms with Crippen LogP contribution < -0.4 is 14.9 Å². The number of fused-ring (bicyclic) bond motifs is 2. The highest BCUT2D eigenvalue weighted by molar-refractivity contribution is 7.89. The van der Waals surface area contributed by atoms with Gasteiger partial charge >= 0.3 is 5.97 Å². The van der Waals surface area contributed by atoms with Gasteiger partial charge in [-0.05, 0) is 37.6 Å². The van der Waals surface area contributed by atoms with Crippen LogP contribution in [0, 0.1) is 6.92 Å². The van der Waals surface area contributed by atoms with E-state index in [0.717, 1.165) is 11.6 Å². The number of rotatable bonds is 6. The molecule has 0 amide bonds. The Morgan fingerprint density at radius 2 is 1.79 bits per heavy atom. The number of benzene rings is 3. The van der Waals surface area contributed by atoms with E-state index in [1.54, 1.807) is 43.3 Å². The van der Waals surface area contributed by atoms with E-state index in [1.165, 1.54) is 18.2 Å². The Hall–Kier alpha value is -3.69. The predicted octanol–water partition coefficient (Wildman–Crippen LogP) is 3.62. The summed E-state index contributed by atoms with van der Waals surface area (Å²) in [6, 6.07) is 14.0. The molecule has 2 N–H and O–H groups in total. The lowest BCUT2D eigenvalue weighted by Crippen LogP contribution is -2.42. The van der Waals surface area contributed by atoms with Crippen LogP contribution in [-0.2, 0) is 14.8 Å². The molecule has 0 bridgehead atoms. The summed E-state index contributed by atoms with van der Waals surface area (Å²) in [5.41, 5.74) is 0.834. The van der Waals surface area contributed by atoms with Crippen molar-refractivity contribution in [3.63, 3.8) is 0 Å². The summed E-state index contributed by atoms with van der Waals surface area (Å²) in [6.07, 6.45) is 0.128. The normalized spacial score (nSPS) is 12.7. The van der Waals surface area contributed by atoms with Crippen molar-refractivity contribution in [3.8, 4) is 11.5 Å². The molecule has 3 aromatic carbocycles. The standard InChI is InChI=1S/C24H21NO7S/c1-3-18(25-33(29,30)16-10-8-14(2)9-11-16)24(28)31-15-12-19(26)22-21(13-15)32-20-7-5-4-6-17(20)23(22)27/h4-13,18,25-26H,3H2,1-2H3/t18-/m0/s1. The number of para-hydroxylation sites is 1. The van der Waals surface area contributed by atoms with Crippen LogP contribution in [0.5, 0.6) is 11.5 Å². The molecule has 33 heavy (non-hydrogen) atoms. The molecule has 4 aromatic rings. The fraction of sp³-hybridized carbons (Fsp3) is 0.167. The summed E-state index contributed by atoms with van der Waals surface area (Å²) in [7, 11) is -3.96. The van der Waals surface area contributed by atoms with E-state index in [2.05, 4.69) is 4.72 Å². The molecule has 0 saturated carbocycles. The molecule has 1 aromatic heterocycles. The zero-order valence-electron chi connectivity index (χ0n) is 17.9. The fourth-order valence-electron chi connectivity index (χ4n) is 3.40. The lowest BCUT2D eigenvalue weighted by molar-refractivity contribution is -0.136. The molecule has 8 nitrogen and oxygen atoms in total. The van der Waals surface area contributed by atoms with Crippen LogP contribution in [0.15, 0.2) is 74.8 Å². The van der Waals surface area contributed by atoms with Crippen LogP contribution in [0.4, 0.5) is 0 Å². The van der Waals surface area contributed by atoms with Crippen LogP contribution in [-0.4, -0.2) is 25.5 Å². The molecule has 1 atom stereocenters. The molecule has 1 heterocycles. The van der Waals surface area contributed by atoms with Crippen molar-refractivity contribution >= 4 is 37.9 Å². The van der Waals surface area contributed by atoms with Crippen molar-refractivity contribution in [3.05, 3.63) is 76.5 Å². The van der Waals surface area contributed by atoms with Gasteiger partial charge in [0, 0.05) is 12.1 Å². The van der Waals surface area contributed by atoms with Gasteiger partial charge in [0.15, 0.2) is 0 Å². The summed E-state index contributed by atoms with van der Waals surface area (Å²) < 4.78 is 38.7. The maximum Gasteiger partial charge on any atom is 0.329 e. The zero-order chi connectivity index (χ0) is 23.8. The topological polar surface area (TPSA) is 123 Å². The molecule has 170 valence electrons. The van der Waals surface area contributed by atoms with Crippen molar-refractivity contribution in [2.75, 3.05) is 0 Å². The fourth-order valence-corrected chi connectivity index (χ4v) is 4.67. The number of nitrogens with one attached hydrogen (secondary N) is 1. The van der Waals surface area contributed by atoms with Gasteiger partial charge < -0.3 is 14.3 Å². The van der Waals surface area contributed by atoms with Gasteiger partial charge in [-0.1, -0.05) is 36.8 Å². The molecule has 0 radical (unpaired) electrons. The molecule has 4 rings (SSSR count). The minimum atomic E-state index is -3.96. The first-order chi connectivity index (χ1) is 15.7. The van der Waals surface area contributed by atoms with Crippen LogP contribution in [0.3, 0.4) is 0 Å². The predicted molar refractivity (Wildman–Crippen MR) is 123 cm³/mol. The largest absolute Gasteiger partial charge is 0.507 e. The number of aromatic hydroxyl groups is 1. The average Bonchev–Trinajstić information content (AvgIpc) is 2.77. The maximum absolute atomic E-state index is 12.7. The number of ether oxygens (including phenoxy) is 1. The second-order valence-corrected chi connectivity index (χ2v) is 9.27. The first-order valence-electron chi connectivity index (χ1n) is 10.2. The minimum Gasteiger partial charge on any atom is -0.507 e. The van der Waals surface area contributed by atoms with E-state index in [9.17, 15) is 23.1 Å². The number of phenols is 1. The Balaban J connectivity index is 1.62. The number of hydrogen-bond donors (Lipinski definition) is 2. The molecule has 0 aliphatic heterocycles. The number of esters is 1. The Morgan fingerprint density at radius 3 is 2.48 bits per heavy atom. The van der Waals surface area contributed by atoms with Crippen LogP contribution in [0.25, 0.3) is 21.9 Å². The second-order valence-electron chi connectivity index (χ2n) is 7.56. The van der Waals surface area contributed by atoms with Crippen molar-refractivity contribution in [2.24, 2.45) is 0 Å². The SMILES string of the molecule is CC[C@H](NS(=O)(=O)c1ccc(C)cc1)C(=O)Oc1cc(O)c2c(=O)c3ccccc3oc2c1. The van der Waals surface area contributed by atoms with Crippen LogP contribution >= 0.6 is 0 Å². The van der Waals surface area contributed by atoms with Crippen LogP contribution in [0.1, 0.15) is 18.9 Å².